The zero-order valence-electron chi connectivity index (χ0n) is 11.7. The van der Waals surface area contributed by atoms with E-state index >= 15 is 0 Å². The van der Waals surface area contributed by atoms with E-state index in [1.54, 1.807) is 0 Å². The van der Waals surface area contributed by atoms with E-state index in [0.29, 0.717) is 12.1 Å². The molecule has 1 aliphatic rings. The first-order valence-corrected chi connectivity index (χ1v) is 7.07. The molecule has 0 bridgehead atoms. The van der Waals surface area contributed by atoms with Gasteiger partial charge in [-0.05, 0) is 52.0 Å². The van der Waals surface area contributed by atoms with Gasteiger partial charge in [0.25, 0.3) is 0 Å². The van der Waals surface area contributed by atoms with Crippen molar-refractivity contribution in [3.8, 4) is 0 Å². The first kappa shape index (κ1) is 14.9. The SMILES string of the molecule is CC(C)NCCC(C)(O)CCCC1CCCO1. The summed E-state index contributed by atoms with van der Waals surface area (Å²) in [6.07, 6.45) is 6.76. The Morgan fingerprint density at radius 2 is 2.18 bits per heavy atom. The van der Waals surface area contributed by atoms with Crippen LogP contribution in [0.25, 0.3) is 0 Å². The average molecular weight is 243 g/mol. The van der Waals surface area contributed by atoms with Gasteiger partial charge in [-0.2, -0.15) is 0 Å². The minimum atomic E-state index is -0.527. The van der Waals surface area contributed by atoms with E-state index in [1.165, 1.54) is 12.8 Å². The molecule has 3 heteroatoms. The van der Waals surface area contributed by atoms with Crippen molar-refractivity contribution in [1.29, 1.82) is 0 Å². The van der Waals surface area contributed by atoms with Gasteiger partial charge in [-0.25, -0.2) is 0 Å². The molecule has 3 nitrogen and oxygen atoms in total. The second kappa shape index (κ2) is 7.34. The Bertz CT molecular complexity index is 198. The molecule has 0 aromatic carbocycles. The van der Waals surface area contributed by atoms with Crippen LogP contribution in [-0.4, -0.2) is 36.0 Å². The molecule has 0 radical (unpaired) electrons. The standard InChI is InChI=1S/C14H29NO2/c1-12(2)15-10-9-14(3,16)8-4-6-13-7-5-11-17-13/h12-13,15-16H,4-11H2,1-3H3. The van der Waals surface area contributed by atoms with Gasteiger partial charge in [-0.1, -0.05) is 13.8 Å². The molecule has 1 aliphatic heterocycles. The number of hydrogen-bond donors (Lipinski definition) is 2. The van der Waals surface area contributed by atoms with Crippen LogP contribution < -0.4 is 5.32 Å². The van der Waals surface area contributed by atoms with Crippen molar-refractivity contribution in [1.82, 2.24) is 5.32 Å². The van der Waals surface area contributed by atoms with Gasteiger partial charge >= 0.3 is 0 Å². The van der Waals surface area contributed by atoms with Crippen LogP contribution in [0.1, 0.15) is 59.3 Å². The highest BCUT2D eigenvalue weighted by atomic mass is 16.5. The summed E-state index contributed by atoms with van der Waals surface area (Å²) in [5.41, 5.74) is -0.527. The summed E-state index contributed by atoms with van der Waals surface area (Å²) >= 11 is 0. The van der Waals surface area contributed by atoms with Crippen molar-refractivity contribution in [3.63, 3.8) is 0 Å². The van der Waals surface area contributed by atoms with E-state index in [-0.39, 0.29) is 0 Å². The quantitative estimate of drug-likeness (QED) is 0.688. The van der Waals surface area contributed by atoms with Crippen molar-refractivity contribution in [2.45, 2.75) is 77.0 Å². The molecule has 0 aromatic rings. The minimum Gasteiger partial charge on any atom is -0.390 e. The molecule has 2 unspecified atom stereocenters. The van der Waals surface area contributed by atoms with Gasteiger partial charge in [0.15, 0.2) is 0 Å². The summed E-state index contributed by atoms with van der Waals surface area (Å²) in [5.74, 6) is 0. The lowest BCUT2D eigenvalue weighted by atomic mass is 9.94. The Morgan fingerprint density at radius 1 is 1.41 bits per heavy atom. The lowest BCUT2D eigenvalue weighted by Gasteiger charge is -2.24. The smallest absolute Gasteiger partial charge is 0.0631 e. The molecule has 0 aromatic heterocycles. The zero-order chi connectivity index (χ0) is 12.7. The molecular formula is C14H29NO2. The highest BCUT2D eigenvalue weighted by molar-refractivity contribution is 4.75. The first-order chi connectivity index (χ1) is 7.99. The summed E-state index contributed by atoms with van der Waals surface area (Å²) in [7, 11) is 0. The lowest BCUT2D eigenvalue weighted by molar-refractivity contribution is 0.0326. The van der Waals surface area contributed by atoms with Gasteiger partial charge in [-0.3, -0.25) is 0 Å². The summed E-state index contributed by atoms with van der Waals surface area (Å²) in [5, 5.41) is 13.6. The van der Waals surface area contributed by atoms with Gasteiger partial charge in [0.1, 0.15) is 0 Å². The molecule has 2 atom stereocenters. The van der Waals surface area contributed by atoms with E-state index in [4.69, 9.17) is 4.74 Å². The van der Waals surface area contributed by atoms with Crippen molar-refractivity contribution in [3.05, 3.63) is 0 Å². The molecule has 17 heavy (non-hydrogen) atoms. The lowest BCUT2D eigenvalue weighted by Crippen LogP contribution is -2.32. The maximum atomic E-state index is 10.2. The largest absolute Gasteiger partial charge is 0.390 e. The fraction of sp³-hybridized carbons (Fsp3) is 1.00. The Morgan fingerprint density at radius 3 is 2.76 bits per heavy atom. The van der Waals surface area contributed by atoms with Gasteiger partial charge in [0.05, 0.1) is 11.7 Å². The van der Waals surface area contributed by atoms with E-state index in [2.05, 4.69) is 19.2 Å². The molecular weight excluding hydrogens is 214 g/mol. The Balaban J connectivity index is 2.06. The van der Waals surface area contributed by atoms with Crippen LogP contribution >= 0.6 is 0 Å². The van der Waals surface area contributed by atoms with Gasteiger partial charge in [0.2, 0.25) is 0 Å². The van der Waals surface area contributed by atoms with Crippen molar-refractivity contribution in [2.24, 2.45) is 0 Å². The Labute approximate surface area is 106 Å². The third kappa shape index (κ3) is 7.02. The molecule has 2 N–H and O–H groups in total. The third-order valence-electron chi connectivity index (χ3n) is 3.48. The minimum absolute atomic E-state index is 0.458. The second-order valence-corrected chi connectivity index (χ2v) is 5.88. The van der Waals surface area contributed by atoms with Crippen LogP contribution in [-0.2, 0) is 4.74 Å². The summed E-state index contributed by atoms with van der Waals surface area (Å²) in [4.78, 5) is 0. The number of aliphatic hydroxyl groups is 1. The van der Waals surface area contributed by atoms with Gasteiger partial charge in [0, 0.05) is 12.6 Å². The van der Waals surface area contributed by atoms with E-state index in [1.807, 2.05) is 6.92 Å². The molecule has 0 spiro atoms. The molecule has 1 saturated heterocycles. The normalized spacial score (nSPS) is 24.2. The molecule has 1 heterocycles. The average Bonchev–Trinajstić information content (AvgIpc) is 2.69. The molecule has 102 valence electrons. The van der Waals surface area contributed by atoms with Crippen LogP contribution in [0.2, 0.25) is 0 Å². The zero-order valence-corrected chi connectivity index (χ0v) is 11.7. The first-order valence-electron chi connectivity index (χ1n) is 7.07. The van der Waals surface area contributed by atoms with E-state index < -0.39 is 5.60 Å². The fourth-order valence-corrected chi connectivity index (χ4v) is 2.34. The molecule has 0 amide bonds. The van der Waals surface area contributed by atoms with Crippen LogP contribution in [0.15, 0.2) is 0 Å². The molecule has 0 aliphatic carbocycles. The number of ether oxygens (including phenoxy) is 1. The highest BCUT2D eigenvalue weighted by Gasteiger charge is 2.21. The monoisotopic (exact) mass is 243 g/mol. The van der Waals surface area contributed by atoms with Gasteiger partial charge < -0.3 is 15.2 Å². The van der Waals surface area contributed by atoms with E-state index in [9.17, 15) is 5.11 Å². The summed E-state index contributed by atoms with van der Waals surface area (Å²) < 4.78 is 5.59. The molecule has 1 fully saturated rings. The third-order valence-corrected chi connectivity index (χ3v) is 3.48. The summed E-state index contributed by atoms with van der Waals surface area (Å²) in [6, 6.07) is 0.498. The van der Waals surface area contributed by atoms with Crippen LogP contribution in [0.3, 0.4) is 0 Å². The van der Waals surface area contributed by atoms with E-state index in [0.717, 1.165) is 38.8 Å². The predicted molar refractivity (Wildman–Crippen MR) is 71.2 cm³/mol. The second-order valence-electron chi connectivity index (χ2n) is 5.88. The van der Waals surface area contributed by atoms with Crippen molar-refractivity contribution in [2.75, 3.05) is 13.2 Å². The van der Waals surface area contributed by atoms with Crippen LogP contribution in [0.5, 0.6) is 0 Å². The number of hydrogen-bond acceptors (Lipinski definition) is 3. The summed E-state index contributed by atoms with van der Waals surface area (Å²) in [6.45, 7) is 8.03. The van der Waals surface area contributed by atoms with Crippen LogP contribution in [0, 0.1) is 0 Å². The number of nitrogens with one attached hydrogen (secondary N) is 1. The van der Waals surface area contributed by atoms with Crippen molar-refractivity contribution < 1.29 is 9.84 Å². The van der Waals surface area contributed by atoms with Crippen molar-refractivity contribution >= 4 is 0 Å². The number of rotatable bonds is 8. The maximum absolute atomic E-state index is 10.2. The topological polar surface area (TPSA) is 41.5 Å². The Hall–Kier alpha value is -0.120. The fourth-order valence-electron chi connectivity index (χ4n) is 2.34. The van der Waals surface area contributed by atoms with Gasteiger partial charge in [-0.15, -0.1) is 0 Å². The molecule has 1 rings (SSSR count). The maximum Gasteiger partial charge on any atom is 0.0631 e. The highest BCUT2D eigenvalue weighted by Crippen LogP contribution is 2.22. The van der Waals surface area contributed by atoms with Crippen LogP contribution in [0.4, 0.5) is 0 Å². The predicted octanol–water partition coefficient (Wildman–Crippen LogP) is 2.47. The molecule has 0 saturated carbocycles. The Kier molecular flexibility index (Phi) is 6.45.